The van der Waals surface area contributed by atoms with Crippen molar-refractivity contribution < 1.29 is 9.59 Å². The molecule has 2 aromatic heterocycles. The third-order valence-electron chi connectivity index (χ3n) is 6.36. The minimum Gasteiger partial charge on any atom is -0.367 e. The maximum atomic E-state index is 12.0. The van der Waals surface area contributed by atoms with Gasteiger partial charge < -0.3 is 21.3 Å². The molecule has 0 bridgehead atoms. The number of carbonyl (C=O) groups excluding carboxylic acids is 2. The van der Waals surface area contributed by atoms with Crippen LogP contribution in [0.2, 0.25) is 0 Å². The molecule has 2 amide bonds. The highest BCUT2D eigenvalue weighted by Crippen LogP contribution is 2.25. The lowest BCUT2D eigenvalue weighted by Gasteiger charge is -2.32. The molecule has 4 rings (SSSR count). The minimum absolute atomic E-state index is 0.0538. The van der Waals surface area contributed by atoms with Crippen LogP contribution in [0.4, 0.5) is 17.5 Å². The van der Waals surface area contributed by atoms with Crippen molar-refractivity contribution in [3.05, 3.63) is 36.8 Å². The summed E-state index contributed by atoms with van der Waals surface area (Å²) >= 11 is 0. The van der Waals surface area contributed by atoms with Crippen molar-refractivity contribution >= 4 is 29.3 Å². The van der Waals surface area contributed by atoms with Crippen molar-refractivity contribution in [1.82, 2.24) is 24.6 Å². The Hall–Kier alpha value is -3.43. The number of carbonyl (C=O) groups is 2. The fraction of sp³-hybridized carbons (Fsp3) is 0.522. The largest absolute Gasteiger partial charge is 0.367 e. The van der Waals surface area contributed by atoms with E-state index in [0.29, 0.717) is 18.3 Å². The smallest absolute Gasteiger partial charge is 0.254 e. The zero-order valence-electron chi connectivity index (χ0n) is 18.9. The summed E-state index contributed by atoms with van der Waals surface area (Å²) < 4.78 is 1.87. The van der Waals surface area contributed by atoms with E-state index >= 15 is 0 Å². The Morgan fingerprint density at radius 1 is 1.12 bits per heavy atom. The lowest BCUT2D eigenvalue weighted by atomic mass is 10.1. The number of piperidine rings is 1. The molecule has 1 saturated carbocycles. The van der Waals surface area contributed by atoms with Gasteiger partial charge in [0.05, 0.1) is 23.5 Å². The Morgan fingerprint density at radius 2 is 1.91 bits per heavy atom. The second-order valence-corrected chi connectivity index (χ2v) is 8.77. The van der Waals surface area contributed by atoms with Crippen molar-refractivity contribution in [2.45, 2.75) is 63.5 Å². The summed E-state index contributed by atoms with van der Waals surface area (Å²) in [6.45, 7) is 4.92. The van der Waals surface area contributed by atoms with Crippen molar-refractivity contribution in [3.63, 3.8) is 0 Å². The van der Waals surface area contributed by atoms with E-state index in [1.165, 1.54) is 25.1 Å². The monoisotopic (exact) mass is 452 g/mol. The summed E-state index contributed by atoms with van der Waals surface area (Å²) in [4.78, 5) is 34.5. The quantitative estimate of drug-likeness (QED) is 0.435. The highest BCUT2D eigenvalue weighted by molar-refractivity contribution is 5.97. The average molecular weight is 453 g/mol. The lowest BCUT2D eigenvalue weighted by molar-refractivity contribution is -0.127. The van der Waals surface area contributed by atoms with Crippen LogP contribution in [0.3, 0.4) is 0 Å². The van der Waals surface area contributed by atoms with Crippen molar-refractivity contribution in [3.8, 4) is 0 Å². The molecule has 10 heteroatoms. The molecule has 1 aliphatic heterocycles. The first-order chi connectivity index (χ1) is 16.0. The third kappa shape index (κ3) is 5.68. The van der Waals surface area contributed by atoms with Crippen LogP contribution in [0, 0.1) is 0 Å². The standard InChI is InChI=1S/C23H32N8O2/c1-2-20(32)30-11-7-10-18(15-30)31-14-17(12-26-31)28-23-25-13-19(21(24)33)22(29-23)27-16-8-5-3-4-6-9-16/h2,12-14,16,18H,1,3-11,15H2,(H2,24,33)(H2,25,27,28,29). The molecular formula is C23H32N8O2. The van der Waals surface area contributed by atoms with Gasteiger partial charge in [-0.25, -0.2) is 4.98 Å². The Morgan fingerprint density at radius 3 is 2.64 bits per heavy atom. The lowest BCUT2D eigenvalue weighted by Crippen LogP contribution is -2.39. The minimum atomic E-state index is -0.554. The summed E-state index contributed by atoms with van der Waals surface area (Å²) in [6, 6.07) is 0.368. The number of primary amides is 1. The van der Waals surface area contributed by atoms with Gasteiger partial charge in [-0.2, -0.15) is 10.1 Å². The van der Waals surface area contributed by atoms with Crippen LogP contribution in [0.1, 0.15) is 67.8 Å². The van der Waals surface area contributed by atoms with E-state index in [1.54, 1.807) is 11.1 Å². The van der Waals surface area contributed by atoms with Gasteiger partial charge in [0.15, 0.2) is 0 Å². The summed E-state index contributed by atoms with van der Waals surface area (Å²) in [6.07, 6.45) is 15.2. The predicted molar refractivity (Wildman–Crippen MR) is 126 cm³/mol. The maximum Gasteiger partial charge on any atom is 0.254 e. The van der Waals surface area contributed by atoms with Crippen LogP contribution in [-0.4, -0.2) is 55.6 Å². The molecular weight excluding hydrogens is 420 g/mol. The summed E-state index contributed by atoms with van der Waals surface area (Å²) in [5.41, 5.74) is 6.57. The topological polar surface area (TPSA) is 131 Å². The van der Waals surface area contributed by atoms with E-state index < -0.39 is 5.91 Å². The SMILES string of the molecule is C=CC(=O)N1CCCC(n2cc(Nc3ncc(C(N)=O)c(NC4CCCCCC4)n3)cn2)C1. The molecule has 2 aromatic rings. The van der Waals surface area contributed by atoms with Crippen LogP contribution in [0.15, 0.2) is 31.2 Å². The Balaban J connectivity index is 1.46. The Bertz CT molecular complexity index is 996. The van der Waals surface area contributed by atoms with E-state index in [-0.39, 0.29) is 23.6 Å². The average Bonchev–Trinajstić information content (AvgIpc) is 3.13. The Labute approximate surface area is 193 Å². The maximum absolute atomic E-state index is 12.0. The van der Waals surface area contributed by atoms with Gasteiger partial charge in [-0.05, 0) is 31.8 Å². The number of anilines is 3. The second kappa shape index (κ2) is 10.5. The van der Waals surface area contributed by atoms with Gasteiger partial charge in [-0.1, -0.05) is 32.3 Å². The molecule has 1 aliphatic carbocycles. The van der Waals surface area contributed by atoms with Crippen LogP contribution in [-0.2, 0) is 4.79 Å². The Kier molecular flexibility index (Phi) is 7.21. The number of nitrogens with zero attached hydrogens (tertiary/aromatic N) is 5. The molecule has 10 nitrogen and oxygen atoms in total. The number of amides is 2. The number of nitrogens with two attached hydrogens (primary N) is 1. The molecule has 4 N–H and O–H groups in total. The molecule has 2 aliphatic rings. The molecule has 176 valence electrons. The molecule has 33 heavy (non-hydrogen) atoms. The predicted octanol–water partition coefficient (Wildman–Crippen LogP) is 3.00. The highest BCUT2D eigenvalue weighted by atomic mass is 16.2. The van der Waals surface area contributed by atoms with Gasteiger partial charge in [0, 0.05) is 31.5 Å². The third-order valence-corrected chi connectivity index (χ3v) is 6.36. The number of hydrogen-bond donors (Lipinski definition) is 3. The van der Waals surface area contributed by atoms with Crippen LogP contribution in [0.25, 0.3) is 0 Å². The van der Waals surface area contributed by atoms with E-state index in [9.17, 15) is 9.59 Å². The van der Waals surface area contributed by atoms with Gasteiger partial charge in [0.1, 0.15) is 5.82 Å². The normalized spacial score (nSPS) is 19.5. The number of rotatable bonds is 7. The van der Waals surface area contributed by atoms with Gasteiger partial charge >= 0.3 is 0 Å². The fourth-order valence-corrected chi connectivity index (χ4v) is 4.58. The van der Waals surface area contributed by atoms with Crippen LogP contribution < -0.4 is 16.4 Å². The summed E-state index contributed by atoms with van der Waals surface area (Å²) in [5.74, 6) is 0.219. The fourth-order valence-electron chi connectivity index (χ4n) is 4.58. The van der Waals surface area contributed by atoms with Crippen molar-refractivity contribution in [2.24, 2.45) is 5.73 Å². The van der Waals surface area contributed by atoms with Gasteiger partial charge in [0.25, 0.3) is 5.91 Å². The van der Waals surface area contributed by atoms with Crippen LogP contribution >= 0.6 is 0 Å². The first-order valence-corrected chi connectivity index (χ1v) is 11.7. The van der Waals surface area contributed by atoms with Gasteiger partial charge in [-0.15, -0.1) is 0 Å². The molecule has 1 atom stereocenters. The number of likely N-dealkylation sites (tertiary alicyclic amines) is 1. The molecule has 3 heterocycles. The highest BCUT2D eigenvalue weighted by Gasteiger charge is 2.24. The molecule has 1 saturated heterocycles. The molecule has 0 radical (unpaired) electrons. The summed E-state index contributed by atoms with van der Waals surface area (Å²) in [7, 11) is 0. The van der Waals surface area contributed by atoms with E-state index in [2.05, 4.69) is 32.3 Å². The number of aromatic nitrogens is 4. The van der Waals surface area contributed by atoms with Gasteiger partial charge in [-0.3, -0.25) is 14.3 Å². The second-order valence-electron chi connectivity index (χ2n) is 8.77. The zero-order chi connectivity index (χ0) is 23.2. The van der Waals surface area contributed by atoms with E-state index in [1.807, 2.05) is 10.9 Å². The molecule has 1 unspecified atom stereocenters. The first-order valence-electron chi connectivity index (χ1n) is 11.7. The molecule has 0 spiro atoms. The first kappa shape index (κ1) is 22.8. The van der Waals surface area contributed by atoms with Crippen LogP contribution in [0.5, 0.6) is 0 Å². The van der Waals surface area contributed by atoms with E-state index in [4.69, 9.17) is 5.73 Å². The van der Waals surface area contributed by atoms with Crippen molar-refractivity contribution in [2.75, 3.05) is 23.7 Å². The molecule has 2 fully saturated rings. The van der Waals surface area contributed by atoms with E-state index in [0.717, 1.165) is 50.8 Å². The molecule has 0 aromatic carbocycles. The van der Waals surface area contributed by atoms with Gasteiger partial charge in [0.2, 0.25) is 11.9 Å². The summed E-state index contributed by atoms with van der Waals surface area (Å²) in [5, 5.41) is 11.1. The van der Waals surface area contributed by atoms with Crippen molar-refractivity contribution in [1.29, 1.82) is 0 Å². The number of nitrogens with one attached hydrogen (secondary N) is 2. The zero-order valence-corrected chi connectivity index (χ0v) is 18.9. The number of hydrogen-bond acceptors (Lipinski definition) is 7.